The first kappa shape index (κ1) is 27.6. The van der Waals surface area contributed by atoms with Gasteiger partial charge in [-0.05, 0) is 38.8 Å². The molecule has 0 saturated heterocycles. The van der Waals surface area contributed by atoms with E-state index in [0.29, 0.717) is 17.3 Å². The Labute approximate surface area is 222 Å². The zero-order chi connectivity index (χ0) is 26.4. The molecule has 0 saturated carbocycles. The molecule has 3 heterocycles. The van der Waals surface area contributed by atoms with Crippen LogP contribution in [-0.4, -0.2) is 44.4 Å². The van der Waals surface area contributed by atoms with E-state index in [2.05, 4.69) is 40.5 Å². The number of ether oxygens (including phenoxy) is 1. The smallest absolute Gasteiger partial charge is 0.341 e. The lowest BCUT2D eigenvalue weighted by Gasteiger charge is -2.10. The molecule has 0 aliphatic rings. The molecule has 36 heavy (non-hydrogen) atoms. The highest BCUT2D eigenvalue weighted by Crippen LogP contribution is 2.34. The SMILES string of the molecule is C=CCn1c(SCC(=O)Nc2sc(C(N)=O)c(C)c2C(=O)OC(C)C)nnc1-c1csc(CCC)c1. The number of nitrogens with one attached hydrogen (secondary N) is 1. The maximum atomic E-state index is 12.8. The second-order valence-electron chi connectivity index (χ2n) is 8.17. The molecule has 0 aromatic carbocycles. The fourth-order valence-electron chi connectivity index (χ4n) is 3.43. The molecule has 3 rings (SSSR count). The van der Waals surface area contributed by atoms with Gasteiger partial charge in [0.25, 0.3) is 5.91 Å². The molecule has 0 aliphatic heterocycles. The monoisotopic (exact) mass is 547 g/mol. The van der Waals surface area contributed by atoms with Gasteiger partial charge in [0.1, 0.15) is 5.00 Å². The molecule has 9 nitrogen and oxygen atoms in total. The number of anilines is 1. The van der Waals surface area contributed by atoms with Crippen molar-refractivity contribution in [2.45, 2.75) is 58.3 Å². The number of thioether (sulfide) groups is 1. The molecular weight excluding hydrogens is 518 g/mol. The number of nitrogens with zero attached hydrogens (tertiary/aromatic N) is 3. The highest BCUT2D eigenvalue weighted by Gasteiger charge is 2.26. The van der Waals surface area contributed by atoms with Crippen molar-refractivity contribution in [1.82, 2.24) is 14.8 Å². The van der Waals surface area contributed by atoms with Crippen LogP contribution in [0.4, 0.5) is 5.00 Å². The minimum atomic E-state index is -0.674. The van der Waals surface area contributed by atoms with Crippen molar-refractivity contribution < 1.29 is 19.1 Å². The first-order valence-electron chi connectivity index (χ1n) is 11.3. The first-order valence-corrected chi connectivity index (χ1v) is 14.0. The van der Waals surface area contributed by atoms with Crippen LogP contribution in [0.1, 0.15) is 57.7 Å². The summed E-state index contributed by atoms with van der Waals surface area (Å²) in [6, 6.07) is 2.12. The minimum Gasteiger partial charge on any atom is -0.459 e. The predicted molar refractivity (Wildman–Crippen MR) is 145 cm³/mol. The number of hydrogen-bond acceptors (Lipinski definition) is 9. The number of carbonyl (C=O) groups excluding carboxylic acids is 3. The second kappa shape index (κ2) is 12.3. The molecule has 3 aromatic rings. The zero-order valence-electron chi connectivity index (χ0n) is 20.6. The molecule has 0 spiro atoms. The summed E-state index contributed by atoms with van der Waals surface area (Å²) in [7, 11) is 0. The van der Waals surface area contributed by atoms with Gasteiger partial charge in [0.15, 0.2) is 11.0 Å². The summed E-state index contributed by atoms with van der Waals surface area (Å²) in [5.74, 6) is -0.933. The Bertz CT molecular complexity index is 1270. The quantitative estimate of drug-likeness (QED) is 0.187. The summed E-state index contributed by atoms with van der Waals surface area (Å²) in [4.78, 5) is 38.8. The zero-order valence-corrected chi connectivity index (χ0v) is 23.1. The summed E-state index contributed by atoms with van der Waals surface area (Å²) in [6.45, 7) is 11.5. The maximum absolute atomic E-state index is 12.8. The van der Waals surface area contributed by atoms with Crippen LogP contribution in [-0.2, 0) is 22.5 Å². The van der Waals surface area contributed by atoms with Gasteiger partial charge in [0, 0.05) is 22.4 Å². The maximum Gasteiger partial charge on any atom is 0.341 e. The fourth-order valence-corrected chi connectivity index (χ4v) is 6.21. The molecular formula is C24H29N5O4S3. The standard InChI is InChI=1S/C24H29N5O4S3/c1-6-8-16-10-15(11-34-16)21-27-28-24(29(21)9-7-2)35-12-17(30)26-22-18(23(32)33-13(3)4)14(5)19(36-22)20(25)31/h7,10-11,13H,2,6,8-9,12H2,1,3-5H3,(H2,25,31)(H,26,30). The Morgan fingerprint density at radius 3 is 2.72 bits per heavy atom. The molecule has 0 fully saturated rings. The minimum absolute atomic E-state index is 0.0154. The highest BCUT2D eigenvalue weighted by molar-refractivity contribution is 7.99. The van der Waals surface area contributed by atoms with Crippen molar-refractivity contribution in [3.05, 3.63) is 45.0 Å². The van der Waals surface area contributed by atoms with Crippen LogP contribution in [0.2, 0.25) is 0 Å². The Hall–Kier alpha value is -2.96. The van der Waals surface area contributed by atoms with Crippen molar-refractivity contribution in [1.29, 1.82) is 0 Å². The number of primary amides is 1. The Morgan fingerprint density at radius 2 is 2.08 bits per heavy atom. The topological polar surface area (TPSA) is 129 Å². The summed E-state index contributed by atoms with van der Waals surface area (Å²) in [5, 5.41) is 14.2. The van der Waals surface area contributed by atoms with Crippen molar-refractivity contribution in [2.24, 2.45) is 5.73 Å². The average Bonchev–Trinajstić information content (AvgIpc) is 3.50. The number of thiophene rings is 2. The van der Waals surface area contributed by atoms with E-state index < -0.39 is 11.9 Å². The van der Waals surface area contributed by atoms with E-state index in [1.165, 1.54) is 16.6 Å². The van der Waals surface area contributed by atoms with E-state index in [9.17, 15) is 14.4 Å². The predicted octanol–water partition coefficient (Wildman–Crippen LogP) is 4.91. The second-order valence-corrected chi connectivity index (χ2v) is 11.1. The van der Waals surface area contributed by atoms with Gasteiger partial charge < -0.3 is 15.8 Å². The fraction of sp³-hybridized carbons (Fsp3) is 0.375. The van der Waals surface area contributed by atoms with Crippen LogP contribution in [0.3, 0.4) is 0 Å². The van der Waals surface area contributed by atoms with E-state index in [0.717, 1.165) is 35.6 Å². The number of nitrogens with two attached hydrogens (primary N) is 1. The molecule has 2 amide bonds. The van der Waals surface area contributed by atoms with Crippen LogP contribution in [0.5, 0.6) is 0 Å². The summed E-state index contributed by atoms with van der Waals surface area (Å²) < 4.78 is 7.21. The molecule has 0 atom stereocenters. The van der Waals surface area contributed by atoms with Gasteiger partial charge in [-0.1, -0.05) is 31.2 Å². The van der Waals surface area contributed by atoms with Gasteiger partial charge in [-0.25, -0.2) is 4.79 Å². The lowest BCUT2D eigenvalue weighted by Crippen LogP contribution is -2.18. The number of carbonyl (C=O) groups is 3. The first-order chi connectivity index (χ1) is 17.2. The summed E-state index contributed by atoms with van der Waals surface area (Å²) in [6.07, 6.45) is 3.47. The molecule has 0 radical (unpaired) electrons. The Morgan fingerprint density at radius 1 is 1.33 bits per heavy atom. The molecule has 12 heteroatoms. The van der Waals surface area contributed by atoms with Crippen molar-refractivity contribution in [3.8, 4) is 11.4 Å². The van der Waals surface area contributed by atoms with Gasteiger partial charge in [-0.2, -0.15) is 0 Å². The molecule has 0 bridgehead atoms. The van der Waals surface area contributed by atoms with Crippen molar-refractivity contribution in [3.63, 3.8) is 0 Å². The van der Waals surface area contributed by atoms with Crippen LogP contribution < -0.4 is 11.1 Å². The van der Waals surface area contributed by atoms with Gasteiger partial charge >= 0.3 is 5.97 Å². The van der Waals surface area contributed by atoms with E-state index in [1.807, 2.05) is 4.57 Å². The molecule has 192 valence electrons. The number of aromatic nitrogens is 3. The van der Waals surface area contributed by atoms with Crippen molar-refractivity contribution in [2.75, 3.05) is 11.1 Å². The van der Waals surface area contributed by atoms with Crippen LogP contribution in [0.25, 0.3) is 11.4 Å². The molecule has 0 unspecified atom stereocenters. The lowest BCUT2D eigenvalue weighted by atomic mass is 10.1. The number of allylic oxidation sites excluding steroid dienone is 1. The molecule has 3 N–H and O–H groups in total. The third kappa shape index (κ3) is 6.42. The van der Waals surface area contributed by atoms with Gasteiger partial charge in [0.05, 0.1) is 22.3 Å². The largest absolute Gasteiger partial charge is 0.459 e. The number of hydrogen-bond donors (Lipinski definition) is 2. The average molecular weight is 548 g/mol. The van der Waals surface area contributed by atoms with Gasteiger partial charge in [0.2, 0.25) is 5.91 Å². The van der Waals surface area contributed by atoms with E-state index >= 15 is 0 Å². The molecule has 3 aromatic heterocycles. The Kier molecular flexibility index (Phi) is 9.46. The highest BCUT2D eigenvalue weighted by atomic mass is 32.2. The summed E-state index contributed by atoms with van der Waals surface area (Å²) in [5.41, 5.74) is 6.96. The van der Waals surface area contributed by atoms with Gasteiger partial charge in [-0.3, -0.25) is 14.2 Å². The number of aryl methyl sites for hydroxylation is 1. The van der Waals surface area contributed by atoms with Crippen LogP contribution in [0.15, 0.2) is 29.3 Å². The van der Waals surface area contributed by atoms with E-state index in [4.69, 9.17) is 10.5 Å². The van der Waals surface area contributed by atoms with Crippen LogP contribution in [0, 0.1) is 6.92 Å². The summed E-state index contributed by atoms with van der Waals surface area (Å²) >= 11 is 3.86. The third-order valence-corrected chi connectivity index (χ3v) is 8.12. The number of rotatable bonds is 12. The number of esters is 1. The van der Waals surface area contributed by atoms with Crippen LogP contribution >= 0.6 is 34.4 Å². The lowest BCUT2D eigenvalue weighted by molar-refractivity contribution is -0.113. The van der Waals surface area contributed by atoms with Gasteiger partial charge in [-0.15, -0.1) is 39.4 Å². The number of amides is 2. The van der Waals surface area contributed by atoms with E-state index in [-0.39, 0.29) is 33.2 Å². The molecule has 0 aliphatic carbocycles. The van der Waals surface area contributed by atoms with Crippen molar-refractivity contribution >= 4 is 57.2 Å². The Balaban J connectivity index is 1.78. The van der Waals surface area contributed by atoms with E-state index in [1.54, 1.807) is 38.2 Å². The normalized spacial score (nSPS) is 11.0. The third-order valence-electron chi connectivity index (χ3n) is 4.94.